The van der Waals surface area contributed by atoms with Gasteiger partial charge in [0.25, 0.3) is 0 Å². The highest BCUT2D eigenvalue weighted by Crippen LogP contribution is 2.13. The first-order valence-electron chi connectivity index (χ1n) is 7.83. The lowest BCUT2D eigenvalue weighted by Gasteiger charge is -2.36. The molecule has 1 aliphatic heterocycles. The number of anilines is 2. The van der Waals surface area contributed by atoms with Crippen molar-refractivity contribution in [2.24, 2.45) is 0 Å². The van der Waals surface area contributed by atoms with Crippen molar-refractivity contribution in [2.75, 3.05) is 43.8 Å². The topological polar surface area (TPSA) is 87.9 Å². The monoisotopic (exact) mass is 320 g/mol. The van der Waals surface area contributed by atoms with Crippen LogP contribution in [0.2, 0.25) is 0 Å². The van der Waals surface area contributed by atoms with E-state index in [9.17, 15) is 9.59 Å². The molecule has 3 N–H and O–H groups in total. The highest BCUT2D eigenvalue weighted by Gasteiger charge is 2.27. The average molecular weight is 320 g/mol. The summed E-state index contributed by atoms with van der Waals surface area (Å²) in [6.07, 6.45) is -0.286. The van der Waals surface area contributed by atoms with Crippen LogP contribution in [0.1, 0.15) is 13.8 Å². The predicted molar refractivity (Wildman–Crippen MR) is 89.1 cm³/mol. The van der Waals surface area contributed by atoms with Gasteiger partial charge in [-0.3, -0.25) is 9.69 Å². The van der Waals surface area contributed by atoms with Gasteiger partial charge in [-0.25, -0.2) is 4.79 Å². The molecule has 1 fully saturated rings. The molecule has 0 aromatic heterocycles. The lowest BCUT2D eigenvalue weighted by atomic mass is 10.2. The van der Waals surface area contributed by atoms with Crippen molar-refractivity contribution in [1.82, 2.24) is 9.80 Å². The van der Waals surface area contributed by atoms with Gasteiger partial charge in [0, 0.05) is 37.6 Å². The minimum Gasteiger partial charge on any atom is -0.450 e. The van der Waals surface area contributed by atoms with Gasteiger partial charge in [-0.05, 0) is 38.1 Å². The van der Waals surface area contributed by atoms with Crippen molar-refractivity contribution in [2.45, 2.75) is 19.9 Å². The molecule has 0 aliphatic carbocycles. The molecule has 1 aromatic carbocycles. The van der Waals surface area contributed by atoms with E-state index in [-0.39, 0.29) is 18.0 Å². The Bertz CT molecular complexity index is 539. The number of nitrogen functional groups attached to an aromatic ring is 1. The van der Waals surface area contributed by atoms with Crippen molar-refractivity contribution in [3.05, 3.63) is 24.3 Å². The fourth-order valence-electron chi connectivity index (χ4n) is 2.49. The van der Waals surface area contributed by atoms with Crippen LogP contribution in [0.15, 0.2) is 24.3 Å². The van der Waals surface area contributed by atoms with Crippen LogP contribution < -0.4 is 11.1 Å². The molecular weight excluding hydrogens is 296 g/mol. The number of piperazine rings is 1. The fraction of sp³-hybridized carbons (Fsp3) is 0.500. The van der Waals surface area contributed by atoms with Crippen molar-refractivity contribution in [3.8, 4) is 0 Å². The second-order valence-corrected chi connectivity index (χ2v) is 5.51. The zero-order valence-corrected chi connectivity index (χ0v) is 13.6. The molecule has 1 unspecified atom stereocenters. The predicted octanol–water partition coefficient (Wildman–Crippen LogP) is 1.37. The van der Waals surface area contributed by atoms with E-state index in [1.165, 1.54) is 0 Å². The van der Waals surface area contributed by atoms with E-state index in [1.54, 1.807) is 36.1 Å². The number of carbonyl (C=O) groups is 2. The molecule has 2 rings (SSSR count). The molecule has 0 radical (unpaired) electrons. The maximum Gasteiger partial charge on any atom is 0.409 e. The van der Waals surface area contributed by atoms with Gasteiger partial charge in [-0.15, -0.1) is 0 Å². The summed E-state index contributed by atoms with van der Waals surface area (Å²) < 4.78 is 4.99. The fourth-order valence-corrected chi connectivity index (χ4v) is 2.49. The zero-order chi connectivity index (χ0) is 16.8. The second-order valence-electron chi connectivity index (χ2n) is 5.51. The lowest BCUT2D eigenvalue weighted by Crippen LogP contribution is -2.54. The maximum atomic E-state index is 12.3. The van der Waals surface area contributed by atoms with Crippen LogP contribution in [0, 0.1) is 0 Å². The number of nitrogens with one attached hydrogen (secondary N) is 1. The second kappa shape index (κ2) is 7.82. The molecule has 1 aliphatic rings. The number of ether oxygens (including phenoxy) is 1. The Labute approximate surface area is 136 Å². The van der Waals surface area contributed by atoms with Gasteiger partial charge in [0.15, 0.2) is 0 Å². The zero-order valence-electron chi connectivity index (χ0n) is 13.6. The van der Waals surface area contributed by atoms with E-state index in [2.05, 4.69) is 10.2 Å². The Morgan fingerprint density at radius 2 is 1.83 bits per heavy atom. The Balaban J connectivity index is 1.84. The van der Waals surface area contributed by atoms with Crippen molar-refractivity contribution in [3.63, 3.8) is 0 Å². The van der Waals surface area contributed by atoms with E-state index < -0.39 is 0 Å². The summed E-state index contributed by atoms with van der Waals surface area (Å²) in [5.41, 5.74) is 7.01. The molecule has 1 heterocycles. The van der Waals surface area contributed by atoms with Gasteiger partial charge >= 0.3 is 6.09 Å². The van der Waals surface area contributed by atoms with E-state index in [4.69, 9.17) is 10.5 Å². The molecule has 1 saturated heterocycles. The van der Waals surface area contributed by atoms with Crippen LogP contribution in [-0.2, 0) is 9.53 Å². The van der Waals surface area contributed by atoms with Crippen LogP contribution >= 0.6 is 0 Å². The van der Waals surface area contributed by atoms with E-state index in [0.717, 1.165) is 5.69 Å². The Morgan fingerprint density at radius 1 is 1.22 bits per heavy atom. The van der Waals surface area contributed by atoms with E-state index in [0.29, 0.717) is 38.5 Å². The molecule has 2 amide bonds. The van der Waals surface area contributed by atoms with Gasteiger partial charge in [0.1, 0.15) is 0 Å². The van der Waals surface area contributed by atoms with Crippen molar-refractivity contribution >= 4 is 23.4 Å². The minimum absolute atomic E-state index is 0.0700. The van der Waals surface area contributed by atoms with Gasteiger partial charge in [-0.1, -0.05) is 0 Å². The third kappa shape index (κ3) is 4.59. The molecule has 0 bridgehead atoms. The van der Waals surface area contributed by atoms with Gasteiger partial charge in [-0.2, -0.15) is 0 Å². The molecule has 7 nitrogen and oxygen atoms in total. The molecular formula is C16H24N4O3. The van der Waals surface area contributed by atoms with Crippen LogP contribution in [0.5, 0.6) is 0 Å². The van der Waals surface area contributed by atoms with Crippen LogP contribution in [0.4, 0.5) is 16.2 Å². The number of nitrogens with two attached hydrogens (primary N) is 1. The minimum atomic E-state index is -0.286. The molecule has 23 heavy (non-hydrogen) atoms. The summed E-state index contributed by atoms with van der Waals surface area (Å²) in [6.45, 7) is 6.46. The molecule has 0 spiro atoms. The van der Waals surface area contributed by atoms with Gasteiger partial charge in [0.05, 0.1) is 12.6 Å². The van der Waals surface area contributed by atoms with Crippen LogP contribution in [0.3, 0.4) is 0 Å². The van der Waals surface area contributed by atoms with Gasteiger partial charge in [0.2, 0.25) is 5.91 Å². The highest BCUT2D eigenvalue weighted by atomic mass is 16.6. The van der Waals surface area contributed by atoms with Gasteiger partial charge < -0.3 is 20.7 Å². The Kier molecular flexibility index (Phi) is 5.81. The lowest BCUT2D eigenvalue weighted by molar-refractivity contribution is -0.121. The first-order valence-corrected chi connectivity index (χ1v) is 7.83. The number of amides is 2. The third-order valence-electron chi connectivity index (χ3n) is 3.95. The quantitative estimate of drug-likeness (QED) is 0.818. The SMILES string of the molecule is CCOC(=O)N1CCN(C(C)C(=O)Nc2ccc(N)cc2)CC1. The number of nitrogens with zero attached hydrogens (tertiary/aromatic N) is 2. The highest BCUT2D eigenvalue weighted by molar-refractivity contribution is 5.94. The molecule has 1 atom stereocenters. The van der Waals surface area contributed by atoms with Crippen LogP contribution in [-0.4, -0.2) is 60.6 Å². The maximum absolute atomic E-state index is 12.3. The van der Waals surface area contributed by atoms with Crippen molar-refractivity contribution in [1.29, 1.82) is 0 Å². The van der Waals surface area contributed by atoms with Crippen molar-refractivity contribution < 1.29 is 14.3 Å². The molecule has 7 heteroatoms. The average Bonchev–Trinajstić information content (AvgIpc) is 2.56. The summed E-state index contributed by atoms with van der Waals surface area (Å²) >= 11 is 0. The van der Waals surface area contributed by atoms with Crippen LogP contribution in [0.25, 0.3) is 0 Å². The summed E-state index contributed by atoms with van der Waals surface area (Å²) in [5, 5.41) is 2.88. The summed E-state index contributed by atoms with van der Waals surface area (Å²) in [4.78, 5) is 27.7. The normalized spacial score (nSPS) is 16.7. The standard InChI is InChI=1S/C16H24N4O3/c1-3-23-16(22)20-10-8-19(9-11-20)12(2)15(21)18-14-6-4-13(17)5-7-14/h4-7,12H,3,8-11,17H2,1-2H3,(H,18,21). The summed E-state index contributed by atoms with van der Waals surface area (Å²) in [5.74, 6) is -0.0700. The first kappa shape index (κ1) is 17.1. The number of benzene rings is 1. The number of carbonyl (C=O) groups excluding carboxylic acids is 2. The largest absolute Gasteiger partial charge is 0.450 e. The molecule has 0 saturated carbocycles. The third-order valence-corrected chi connectivity index (χ3v) is 3.95. The smallest absolute Gasteiger partial charge is 0.409 e. The Morgan fingerprint density at radius 3 is 2.39 bits per heavy atom. The number of hydrogen-bond donors (Lipinski definition) is 2. The first-order chi connectivity index (χ1) is 11.0. The number of hydrogen-bond acceptors (Lipinski definition) is 5. The summed E-state index contributed by atoms with van der Waals surface area (Å²) in [6, 6.07) is 6.78. The van der Waals surface area contributed by atoms with E-state index in [1.807, 2.05) is 6.92 Å². The summed E-state index contributed by atoms with van der Waals surface area (Å²) in [7, 11) is 0. The van der Waals surface area contributed by atoms with E-state index >= 15 is 0 Å². The number of rotatable bonds is 4. The Hall–Kier alpha value is -2.28. The molecule has 126 valence electrons. The molecule has 1 aromatic rings.